The van der Waals surface area contributed by atoms with E-state index in [2.05, 4.69) is 4.98 Å². The van der Waals surface area contributed by atoms with Crippen molar-refractivity contribution >= 4 is 17.9 Å². The Bertz CT molecular complexity index is 445. The van der Waals surface area contributed by atoms with Crippen molar-refractivity contribution in [3.05, 3.63) is 29.5 Å². The van der Waals surface area contributed by atoms with Gasteiger partial charge in [0.1, 0.15) is 11.4 Å². The second-order valence-corrected chi connectivity index (χ2v) is 4.84. The van der Waals surface area contributed by atoms with Crippen molar-refractivity contribution in [3.8, 4) is 0 Å². The predicted octanol–water partition coefficient (Wildman–Crippen LogP) is 2.33. The van der Waals surface area contributed by atoms with Crippen molar-refractivity contribution in [2.45, 2.75) is 33.3 Å². The van der Waals surface area contributed by atoms with Crippen molar-refractivity contribution in [2.75, 3.05) is 5.73 Å². The minimum absolute atomic E-state index is 0.369. The highest BCUT2D eigenvalue weighted by molar-refractivity contribution is 5.87. The average molecular weight is 234 g/mol. The quantitative estimate of drug-likeness (QED) is 0.630. The van der Waals surface area contributed by atoms with Crippen LogP contribution in [0.4, 0.5) is 5.82 Å². The number of nitrogens with two attached hydrogens (primary N) is 1. The molecule has 1 heterocycles. The first-order valence-corrected chi connectivity index (χ1v) is 5.41. The van der Waals surface area contributed by atoms with E-state index in [0.29, 0.717) is 5.82 Å². The highest BCUT2D eigenvalue weighted by Gasteiger charge is 2.13. The van der Waals surface area contributed by atoms with Gasteiger partial charge in [-0.2, -0.15) is 0 Å². The van der Waals surface area contributed by atoms with Crippen molar-refractivity contribution in [3.63, 3.8) is 0 Å². The molecule has 1 rings (SSSR count). The summed E-state index contributed by atoms with van der Waals surface area (Å²) in [7, 11) is 0. The molecular weight excluding hydrogens is 216 g/mol. The average Bonchev–Trinajstić information content (AvgIpc) is 2.17. The molecule has 0 aliphatic heterocycles. The molecule has 92 valence electrons. The largest absolute Gasteiger partial charge is 0.457 e. The number of aryl methyl sites for hydroxylation is 1. The van der Waals surface area contributed by atoms with Crippen LogP contribution in [0.1, 0.15) is 31.9 Å². The second-order valence-electron chi connectivity index (χ2n) is 4.84. The maximum Gasteiger partial charge on any atom is 0.331 e. The SMILES string of the molecule is Cc1cc(/C=C/C(=O)OC(C)(C)C)cnc1N. The third-order valence-corrected chi connectivity index (χ3v) is 1.96. The van der Waals surface area contributed by atoms with Crippen molar-refractivity contribution < 1.29 is 9.53 Å². The number of anilines is 1. The molecule has 4 nitrogen and oxygen atoms in total. The number of carbonyl (C=O) groups excluding carboxylic acids is 1. The normalized spacial score (nSPS) is 11.8. The van der Waals surface area contributed by atoms with Gasteiger partial charge in [-0.15, -0.1) is 0 Å². The fourth-order valence-corrected chi connectivity index (χ4v) is 1.20. The number of esters is 1. The number of ether oxygens (including phenoxy) is 1. The Balaban J connectivity index is 2.71. The predicted molar refractivity (Wildman–Crippen MR) is 68.3 cm³/mol. The highest BCUT2D eigenvalue weighted by atomic mass is 16.6. The van der Waals surface area contributed by atoms with Gasteiger partial charge in [-0.25, -0.2) is 9.78 Å². The third kappa shape index (κ3) is 4.68. The summed E-state index contributed by atoms with van der Waals surface area (Å²) in [4.78, 5) is 15.4. The summed E-state index contributed by atoms with van der Waals surface area (Å²) in [5.41, 5.74) is 6.83. The number of hydrogen-bond donors (Lipinski definition) is 1. The van der Waals surface area contributed by atoms with E-state index in [9.17, 15) is 4.79 Å². The molecular formula is C13H18N2O2. The molecule has 0 bridgehead atoms. The fraction of sp³-hybridized carbons (Fsp3) is 0.385. The Morgan fingerprint density at radius 1 is 1.47 bits per heavy atom. The lowest BCUT2D eigenvalue weighted by Gasteiger charge is -2.17. The summed E-state index contributed by atoms with van der Waals surface area (Å²) in [6.45, 7) is 7.35. The van der Waals surface area contributed by atoms with Gasteiger partial charge < -0.3 is 10.5 Å². The van der Waals surface area contributed by atoms with E-state index in [4.69, 9.17) is 10.5 Å². The molecule has 2 N–H and O–H groups in total. The van der Waals surface area contributed by atoms with Gasteiger partial charge in [-0.3, -0.25) is 0 Å². The van der Waals surface area contributed by atoms with E-state index in [1.54, 1.807) is 12.3 Å². The van der Waals surface area contributed by atoms with E-state index in [1.807, 2.05) is 33.8 Å². The van der Waals surface area contributed by atoms with E-state index in [0.717, 1.165) is 11.1 Å². The molecule has 1 aromatic rings. The summed E-state index contributed by atoms with van der Waals surface area (Å²) in [6, 6.07) is 1.86. The fourth-order valence-electron chi connectivity index (χ4n) is 1.20. The molecule has 1 aromatic heterocycles. The van der Waals surface area contributed by atoms with Crippen LogP contribution in [-0.4, -0.2) is 16.6 Å². The minimum atomic E-state index is -0.475. The van der Waals surface area contributed by atoms with Crippen molar-refractivity contribution in [2.24, 2.45) is 0 Å². The lowest BCUT2D eigenvalue weighted by Crippen LogP contribution is -2.22. The topological polar surface area (TPSA) is 65.2 Å². The molecule has 0 saturated carbocycles. The summed E-state index contributed by atoms with van der Waals surface area (Å²) in [5, 5.41) is 0. The number of carbonyl (C=O) groups is 1. The second kappa shape index (κ2) is 4.99. The third-order valence-electron chi connectivity index (χ3n) is 1.96. The van der Waals surface area contributed by atoms with Crippen LogP contribution in [0.2, 0.25) is 0 Å². The van der Waals surface area contributed by atoms with Crippen LogP contribution in [-0.2, 0) is 9.53 Å². The maximum atomic E-state index is 11.4. The Hall–Kier alpha value is -1.84. The number of hydrogen-bond acceptors (Lipinski definition) is 4. The van der Waals surface area contributed by atoms with Crippen LogP contribution in [0.5, 0.6) is 0 Å². The first kappa shape index (κ1) is 13.2. The highest BCUT2D eigenvalue weighted by Crippen LogP contribution is 2.11. The zero-order valence-corrected chi connectivity index (χ0v) is 10.7. The van der Waals surface area contributed by atoms with Gasteiger partial charge in [0.2, 0.25) is 0 Å². The summed E-state index contributed by atoms with van der Waals surface area (Å²) >= 11 is 0. The van der Waals surface area contributed by atoms with Crippen LogP contribution in [0.15, 0.2) is 18.3 Å². The summed E-state index contributed by atoms with van der Waals surface area (Å²) in [6.07, 6.45) is 4.66. The zero-order valence-electron chi connectivity index (χ0n) is 10.7. The van der Waals surface area contributed by atoms with Gasteiger partial charge in [0, 0.05) is 12.3 Å². The molecule has 0 radical (unpaired) electrons. The van der Waals surface area contributed by atoms with Gasteiger partial charge in [0.25, 0.3) is 0 Å². The van der Waals surface area contributed by atoms with Gasteiger partial charge in [0.15, 0.2) is 0 Å². The summed E-state index contributed by atoms with van der Waals surface area (Å²) < 4.78 is 5.14. The Morgan fingerprint density at radius 3 is 2.65 bits per heavy atom. The molecule has 0 unspecified atom stereocenters. The standard InChI is InChI=1S/C13H18N2O2/c1-9-7-10(8-15-12(9)14)5-6-11(16)17-13(2,3)4/h5-8H,1-4H3,(H2,14,15)/b6-5+. The molecule has 0 aromatic carbocycles. The van der Waals surface area contributed by atoms with Crippen LogP contribution in [0.25, 0.3) is 6.08 Å². The van der Waals surface area contributed by atoms with Crippen LogP contribution in [0, 0.1) is 6.92 Å². The molecule has 0 fully saturated rings. The molecule has 0 aliphatic carbocycles. The maximum absolute atomic E-state index is 11.4. The molecule has 4 heteroatoms. The van der Waals surface area contributed by atoms with Gasteiger partial charge in [-0.05, 0) is 51.0 Å². The molecule has 0 atom stereocenters. The van der Waals surface area contributed by atoms with E-state index >= 15 is 0 Å². The lowest BCUT2D eigenvalue weighted by atomic mass is 10.2. The van der Waals surface area contributed by atoms with Gasteiger partial charge in [0.05, 0.1) is 0 Å². The number of nitrogen functional groups attached to an aromatic ring is 1. The molecule has 0 spiro atoms. The first-order chi connectivity index (χ1) is 7.78. The lowest BCUT2D eigenvalue weighted by molar-refractivity contribution is -0.148. The molecule has 0 amide bonds. The smallest absolute Gasteiger partial charge is 0.331 e. The number of pyridine rings is 1. The van der Waals surface area contributed by atoms with E-state index in [1.165, 1.54) is 6.08 Å². The van der Waals surface area contributed by atoms with E-state index in [-0.39, 0.29) is 5.97 Å². The van der Waals surface area contributed by atoms with Gasteiger partial charge in [-0.1, -0.05) is 0 Å². The monoisotopic (exact) mass is 234 g/mol. The Morgan fingerprint density at radius 2 is 2.12 bits per heavy atom. The number of rotatable bonds is 2. The van der Waals surface area contributed by atoms with Crippen molar-refractivity contribution in [1.29, 1.82) is 0 Å². The summed E-state index contributed by atoms with van der Waals surface area (Å²) in [5.74, 6) is 0.131. The molecule has 0 aliphatic rings. The first-order valence-electron chi connectivity index (χ1n) is 5.41. The number of aromatic nitrogens is 1. The van der Waals surface area contributed by atoms with Crippen LogP contribution >= 0.6 is 0 Å². The number of nitrogens with zero attached hydrogens (tertiary/aromatic N) is 1. The Kier molecular flexibility index (Phi) is 3.89. The van der Waals surface area contributed by atoms with Crippen LogP contribution < -0.4 is 5.73 Å². The van der Waals surface area contributed by atoms with Crippen molar-refractivity contribution in [1.82, 2.24) is 4.98 Å². The zero-order chi connectivity index (χ0) is 13.1. The van der Waals surface area contributed by atoms with Crippen LogP contribution in [0.3, 0.4) is 0 Å². The minimum Gasteiger partial charge on any atom is -0.457 e. The Labute approximate surface area is 101 Å². The molecule has 17 heavy (non-hydrogen) atoms. The van der Waals surface area contributed by atoms with E-state index < -0.39 is 5.60 Å². The molecule has 0 saturated heterocycles. The van der Waals surface area contributed by atoms with Gasteiger partial charge >= 0.3 is 5.97 Å².